The SMILES string of the molecule is Cl.O=C(NC1CCCC(C(F)(F)F)C1)[C@H]1CCCCN1. The van der Waals surface area contributed by atoms with E-state index >= 15 is 0 Å². The molecule has 3 nitrogen and oxygen atoms in total. The number of hydrogen-bond acceptors (Lipinski definition) is 2. The minimum absolute atomic E-state index is 0. The van der Waals surface area contributed by atoms with E-state index in [1.807, 2.05) is 0 Å². The van der Waals surface area contributed by atoms with Gasteiger partial charge in [-0.2, -0.15) is 13.2 Å². The van der Waals surface area contributed by atoms with E-state index in [1.54, 1.807) is 0 Å². The van der Waals surface area contributed by atoms with Gasteiger partial charge in [0.05, 0.1) is 12.0 Å². The Morgan fingerprint density at radius 3 is 2.45 bits per heavy atom. The van der Waals surface area contributed by atoms with Gasteiger partial charge in [0.15, 0.2) is 0 Å². The highest BCUT2D eigenvalue weighted by Gasteiger charge is 2.42. The van der Waals surface area contributed by atoms with Crippen LogP contribution in [0.3, 0.4) is 0 Å². The molecule has 3 atom stereocenters. The van der Waals surface area contributed by atoms with Gasteiger partial charge >= 0.3 is 6.18 Å². The third kappa shape index (κ3) is 4.81. The fourth-order valence-electron chi connectivity index (χ4n) is 3.00. The van der Waals surface area contributed by atoms with Crippen LogP contribution in [0.4, 0.5) is 13.2 Å². The van der Waals surface area contributed by atoms with E-state index in [0.29, 0.717) is 12.8 Å². The molecule has 2 aliphatic rings. The molecule has 1 amide bonds. The minimum Gasteiger partial charge on any atom is -0.352 e. The highest BCUT2D eigenvalue weighted by molar-refractivity contribution is 5.85. The molecule has 7 heteroatoms. The van der Waals surface area contributed by atoms with Gasteiger partial charge < -0.3 is 10.6 Å². The Labute approximate surface area is 123 Å². The van der Waals surface area contributed by atoms with E-state index in [1.165, 1.54) is 0 Å². The quantitative estimate of drug-likeness (QED) is 0.823. The number of rotatable bonds is 2. The third-order valence-corrected chi connectivity index (χ3v) is 4.11. The zero-order chi connectivity index (χ0) is 13.9. The zero-order valence-corrected chi connectivity index (χ0v) is 12.2. The van der Waals surface area contributed by atoms with E-state index in [2.05, 4.69) is 10.6 Å². The molecule has 0 spiro atoms. The number of carbonyl (C=O) groups excluding carboxylic acids is 1. The van der Waals surface area contributed by atoms with Crippen LogP contribution in [0.5, 0.6) is 0 Å². The molecule has 1 heterocycles. The summed E-state index contributed by atoms with van der Waals surface area (Å²) in [5.41, 5.74) is 0. The topological polar surface area (TPSA) is 41.1 Å². The van der Waals surface area contributed by atoms with Gasteiger partial charge in [-0.05, 0) is 38.6 Å². The van der Waals surface area contributed by atoms with E-state index < -0.39 is 12.1 Å². The molecule has 0 aromatic heterocycles. The van der Waals surface area contributed by atoms with E-state index in [9.17, 15) is 18.0 Å². The fraction of sp³-hybridized carbons (Fsp3) is 0.923. The highest BCUT2D eigenvalue weighted by Crippen LogP contribution is 2.37. The number of nitrogens with one attached hydrogen (secondary N) is 2. The normalized spacial score (nSPS) is 31.2. The van der Waals surface area contributed by atoms with Crippen LogP contribution in [-0.4, -0.2) is 30.7 Å². The van der Waals surface area contributed by atoms with Crippen molar-refractivity contribution in [1.82, 2.24) is 10.6 Å². The summed E-state index contributed by atoms with van der Waals surface area (Å²) in [6.07, 6.45) is 0.121. The van der Waals surface area contributed by atoms with Gasteiger partial charge in [-0.15, -0.1) is 12.4 Å². The van der Waals surface area contributed by atoms with Crippen molar-refractivity contribution in [3.8, 4) is 0 Å². The molecule has 1 saturated heterocycles. The van der Waals surface area contributed by atoms with Gasteiger partial charge in [-0.25, -0.2) is 0 Å². The lowest BCUT2D eigenvalue weighted by Gasteiger charge is -2.32. The van der Waals surface area contributed by atoms with Crippen LogP contribution in [0, 0.1) is 5.92 Å². The fourth-order valence-corrected chi connectivity index (χ4v) is 3.00. The van der Waals surface area contributed by atoms with Crippen LogP contribution in [0.1, 0.15) is 44.9 Å². The number of amides is 1. The van der Waals surface area contributed by atoms with Crippen molar-refractivity contribution in [3.05, 3.63) is 0 Å². The molecule has 2 rings (SSSR count). The summed E-state index contributed by atoms with van der Waals surface area (Å²) in [6.45, 7) is 0.813. The zero-order valence-electron chi connectivity index (χ0n) is 11.3. The highest BCUT2D eigenvalue weighted by atomic mass is 35.5. The van der Waals surface area contributed by atoms with Crippen LogP contribution in [-0.2, 0) is 4.79 Å². The summed E-state index contributed by atoms with van der Waals surface area (Å²) in [5.74, 6) is -1.39. The molecule has 0 radical (unpaired) electrons. The second-order valence-corrected chi connectivity index (χ2v) is 5.61. The molecule has 1 saturated carbocycles. The van der Waals surface area contributed by atoms with Crippen LogP contribution in [0.2, 0.25) is 0 Å². The number of hydrogen-bond donors (Lipinski definition) is 2. The lowest BCUT2D eigenvalue weighted by atomic mass is 9.85. The Hall–Kier alpha value is -0.490. The first-order valence-electron chi connectivity index (χ1n) is 7.07. The summed E-state index contributed by atoms with van der Waals surface area (Å²) in [6, 6.07) is -0.545. The standard InChI is InChI=1S/C13H21F3N2O.ClH/c14-13(15,16)9-4-3-5-10(8-9)18-12(19)11-6-1-2-7-17-11;/h9-11,17H,1-8H2,(H,18,19);1H/t9?,10?,11-;/m1./s1. The Kier molecular flexibility index (Phi) is 6.58. The summed E-state index contributed by atoms with van der Waals surface area (Å²) in [5, 5.41) is 5.90. The predicted octanol–water partition coefficient (Wildman–Crippen LogP) is 2.79. The van der Waals surface area contributed by atoms with Crippen LogP contribution >= 0.6 is 12.4 Å². The van der Waals surface area contributed by atoms with Crippen LogP contribution in [0.25, 0.3) is 0 Å². The van der Waals surface area contributed by atoms with Crippen molar-refractivity contribution in [2.75, 3.05) is 6.54 Å². The number of halogens is 4. The van der Waals surface area contributed by atoms with Gasteiger partial charge in [0, 0.05) is 6.04 Å². The maximum absolute atomic E-state index is 12.7. The molecule has 0 aromatic carbocycles. The number of carbonyl (C=O) groups is 1. The van der Waals surface area contributed by atoms with Crippen molar-refractivity contribution in [1.29, 1.82) is 0 Å². The molecule has 0 aromatic rings. The summed E-state index contributed by atoms with van der Waals surface area (Å²) >= 11 is 0. The monoisotopic (exact) mass is 314 g/mol. The van der Waals surface area contributed by atoms with Gasteiger partial charge in [0.1, 0.15) is 0 Å². The van der Waals surface area contributed by atoms with Gasteiger partial charge in [-0.1, -0.05) is 12.8 Å². The first kappa shape index (κ1) is 17.6. The average molecular weight is 315 g/mol. The lowest BCUT2D eigenvalue weighted by molar-refractivity contribution is -0.184. The predicted molar refractivity (Wildman–Crippen MR) is 72.8 cm³/mol. The Bertz CT molecular complexity index is 319. The molecule has 20 heavy (non-hydrogen) atoms. The molecule has 1 aliphatic carbocycles. The Morgan fingerprint density at radius 2 is 1.85 bits per heavy atom. The first-order valence-corrected chi connectivity index (χ1v) is 7.07. The minimum atomic E-state index is -4.13. The summed E-state index contributed by atoms with van der Waals surface area (Å²) < 4.78 is 38.0. The average Bonchev–Trinajstić information content (AvgIpc) is 2.39. The number of alkyl halides is 3. The molecule has 2 N–H and O–H groups in total. The van der Waals surface area contributed by atoms with Crippen LogP contribution in [0.15, 0.2) is 0 Å². The Morgan fingerprint density at radius 1 is 1.10 bits per heavy atom. The maximum Gasteiger partial charge on any atom is 0.391 e. The smallest absolute Gasteiger partial charge is 0.352 e. The van der Waals surface area contributed by atoms with Gasteiger partial charge in [0.25, 0.3) is 0 Å². The Balaban J connectivity index is 0.00000200. The van der Waals surface area contributed by atoms with E-state index in [-0.39, 0.29) is 43.2 Å². The third-order valence-electron chi connectivity index (χ3n) is 4.11. The second-order valence-electron chi connectivity index (χ2n) is 5.61. The van der Waals surface area contributed by atoms with Crippen molar-refractivity contribution in [2.24, 2.45) is 5.92 Å². The van der Waals surface area contributed by atoms with Gasteiger partial charge in [-0.3, -0.25) is 4.79 Å². The van der Waals surface area contributed by atoms with Gasteiger partial charge in [0.2, 0.25) is 5.91 Å². The van der Waals surface area contributed by atoms with Crippen molar-refractivity contribution in [2.45, 2.75) is 63.2 Å². The summed E-state index contributed by atoms with van der Waals surface area (Å²) in [4.78, 5) is 12.0. The first-order chi connectivity index (χ1) is 8.97. The molecular weight excluding hydrogens is 293 g/mol. The van der Waals surface area contributed by atoms with Crippen molar-refractivity contribution in [3.63, 3.8) is 0 Å². The molecule has 0 bridgehead atoms. The van der Waals surface area contributed by atoms with E-state index in [4.69, 9.17) is 0 Å². The van der Waals surface area contributed by atoms with Crippen molar-refractivity contribution >= 4 is 18.3 Å². The van der Waals surface area contributed by atoms with Crippen LogP contribution < -0.4 is 10.6 Å². The molecule has 2 unspecified atom stereocenters. The largest absolute Gasteiger partial charge is 0.391 e. The van der Waals surface area contributed by atoms with Crippen molar-refractivity contribution < 1.29 is 18.0 Å². The maximum atomic E-state index is 12.7. The molecule has 1 aliphatic heterocycles. The molecular formula is C13H22ClF3N2O. The summed E-state index contributed by atoms with van der Waals surface area (Å²) in [7, 11) is 0. The van der Waals surface area contributed by atoms with E-state index in [0.717, 1.165) is 25.8 Å². The molecule has 118 valence electrons. The molecule has 2 fully saturated rings. The lowest BCUT2D eigenvalue weighted by Crippen LogP contribution is -2.51. The second kappa shape index (κ2) is 7.50. The number of piperidine rings is 1.